The van der Waals surface area contributed by atoms with Crippen LogP contribution in [0.25, 0.3) is 0 Å². The molecule has 0 spiro atoms. The van der Waals surface area contributed by atoms with Gasteiger partial charge in [0.25, 0.3) is 0 Å². The van der Waals surface area contributed by atoms with Crippen molar-refractivity contribution < 1.29 is 14.3 Å². The summed E-state index contributed by atoms with van der Waals surface area (Å²) in [5.74, 6) is -0.0924. The molecule has 5 heteroatoms. The Morgan fingerprint density at radius 2 is 1.96 bits per heavy atom. The van der Waals surface area contributed by atoms with Crippen molar-refractivity contribution in [1.82, 2.24) is 5.32 Å². The lowest BCUT2D eigenvalue weighted by atomic mass is 10.0. The van der Waals surface area contributed by atoms with E-state index in [0.29, 0.717) is 19.4 Å². The summed E-state index contributed by atoms with van der Waals surface area (Å²) in [6.07, 6.45) is 2.97. The normalized spacial score (nSPS) is 23.8. The van der Waals surface area contributed by atoms with Gasteiger partial charge in [0.15, 0.2) is 0 Å². The number of carbonyl (C=O) groups excluding carboxylic acids is 2. The Kier molecular flexibility index (Phi) is 4.90. The molecule has 130 valence electrons. The van der Waals surface area contributed by atoms with Crippen molar-refractivity contribution in [2.75, 3.05) is 18.1 Å². The highest BCUT2D eigenvalue weighted by Crippen LogP contribution is 2.30. The van der Waals surface area contributed by atoms with Crippen LogP contribution in [-0.4, -0.2) is 37.1 Å². The van der Waals surface area contributed by atoms with Gasteiger partial charge >= 0.3 is 0 Å². The predicted molar refractivity (Wildman–Crippen MR) is 93.1 cm³/mol. The van der Waals surface area contributed by atoms with E-state index >= 15 is 0 Å². The molecule has 1 aromatic carbocycles. The Bertz CT molecular complexity index is 627. The topological polar surface area (TPSA) is 58.6 Å². The average molecular weight is 330 g/mol. The maximum absolute atomic E-state index is 12.7. The van der Waals surface area contributed by atoms with E-state index in [-0.39, 0.29) is 17.9 Å². The van der Waals surface area contributed by atoms with Gasteiger partial charge in [0.1, 0.15) is 6.04 Å². The first kappa shape index (κ1) is 17.0. The molecule has 0 aromatic heterocycles. The van der Waals surface area contributed by atoms with Gasteiger partial charge in [-0.05, 0) is 51.2 Å². The summed E-state index contributed by atoms with van der Waals surface area (Å²) in [7, 11) is 0. The van der Waals surface area contributed by atoms with Crippen molar-refractivity contribution in [3.63, 3.8) is 0 Å². The minimum absolute atomic E-state index is 0.00857. The second-order valence-electron chi connectivity index (χ2n) is 6.99. The van der Waals surface area contributed by atoms with Gasteiger partial charge in [-0.15, -0.1) is 0 Å². The molecule has 3 rings (SSSR count). The standard InChI is InChI=1S/C19H26N2O3/c1-12-9-13(2)18(14(3)10-12)21-7-6-16(19(21)23)20-17(22)11-15-5-4-8-24-15/h9-10,15-16H,4-8,11H2,1-3H3,(H,20,22). The summed E-state index contributed by atoms with van der Waals surface area (Å²) in [5, 5.41) is 2.90. The lowest BCUT2D eigenvalue weighted by Crippen LogP contribution is -2.42. The van der Waals surface area contributed by atoms with Crippen LogP contribution in [0.15, 0.2) is 12.1 Å². The number of rotatable bonds is 4. The molecule has 24 heavy (non-hydrogen) atoms. The number of nitrogens with zero attached hydrogens (tertiary/aromatic N) is 1. The monoisotopic (exact) mass is 330 g/mol. The van der Waals surface area contributed by atoms with E-state index in [2.05, 4.69) is 24.4 Å². The summed E-state index contributed by atoms with van der Waals surface area (Å²) >= 11 is 0. The number of anilines is 1. The van der Waals surface area contributed by atoms with Gasteiger partial charge in [-0.2, -0.15) is 0 Å². The maximum Gasteiger partial charge on any atom is 0.249 e. The summed E-state index contributed by atoms with van der Waals surface area (Å²) in [4.78, 5) is 26.7. The largest absolute Gasteiger partial charge is 0.378 e. The average Bonchev–Trinajstić information content (AvgIpc) is 3.11. The Hall–Kier alpha value is -1.88. The van der Waals surface area contributed by atoms with Gasteiger partial charge in [0.2, 0.25) is 11.8 Å². The lowest BCUT2D eigenvalue weighted by Gasteiger charge is -2.22. The van der Waals surface area contributed by atoms with Crippen LogP contribution in [0.1, 0.15) is 42.4 Å². The zero-order valence-electron chi connectivity index (χ0n) is 14.7. The van der Waals surface area contributed by atoms with Crippen molar-refractivity contribution in [1.29, 1.82) is 0 Å². The van der Waals surface area contributed by atoms with Crippen molar-refractivity contribution in [2.45, 2.75) is 58.6 Å². The van der Waals surface area contributed by atoms with E-state index in [1.807, 2.05) is 18.7 Å². The van der Waals surface area contributed by atoms with E-state index in [1.54, 1.807) is 0 Å². The summed E-state index contributed by atoms with van der Waals surface area (Å²) in [6, 6.07) is 3.77. The lowest BCUT2D eigenvalue weighted by molar-refractivity contribution is -0.127. The molecule has 2 saturated heterocycles. The highest BCUT2D eigenvalue weighted by atomic mass is 16.5. The summed E-state index contributed by atoms with van der Waals surface area (Å²) < 4.78 is 5.49. The number of benzene rings is 1. The quantitative estimate of drug-likeness (QED) is 0.922. The molecule has 2 amide bonds. The van der Waals surface area contributed by atoms with Crippen LogP contribution in [0.5, 0.6) is 0 Å². The molecule has 2 atom stereocenters. The van der Waals surface area contributed by atoms with Gasteiger partial charge in [0.05, 0.1) is 12.5 Å². The first-order chi connectivity index (χ1) is 11.5. The Morgan fingerprint density at radius 1 is 1.25 bits per heavy atom. The minimum Gasteiger partial charge on any atom is -0.378 e. The number of amides is 2. The second kappa shape index (κ2) is 6.93. The minimum atomic E-state index is -0.418. The molecule has 2 fully saturated rings. The molecule has 1 N–H and O–H groups in total. The Balaban J connectivity index is 1.66. The first-order valence-corrected chi connectivity index (χ1v) is 8.76. The van der Waals surface area contributed by atoms with Gasteiger partial charge in [-0.25, -0.2) is 0 Å². The zero-order valence-corrected chi connectivity index (χ0v) is 14.7. The fraction of sp³-hybridized carbons (Fsp3) is 0.579. The van der Waals surface area contributed by atoms with Gasteiger partial charge in [0, 0.05) is 18.8 Å². The first-order valence-electron chi connectivity index (χ1n) is 8.76. The van der Waals surface area contributed by atoms with E-state index in [0.717, 1.165) is 36.3 Å². The maximum atomic E-state index is 12.7. The molecule has 1 aromatic rings. The molecular formula is C19H26N2O3. The highest BCUT2D eigenvalue weighted by molar-refractivity contribution is 6.02. The number of aryl methyl sites for hydroxylation is 3. The molecule has 0 radical (unpaired) electrons. The summed E-state index contributed by atoms with van der Waals surface area (Å²) in [6.45, 7) is 7.51. The summed E-state index contributed by atoms with van der Waals surface area (Å²) in [5.41, 5.74) is 4.39. The molecule has 0 aliphatic carbocycles. The van der Waals surface area contributed by atoms with E-state index in [9.17, 15) is 9.59 Å². The van der Waals surface area contributed by atoms with Crippen LogP contribution in [0, 0.1) is 20.8 Å². The molecule has 0 saturated carbocycles. The third-order valence-corrected chi connectivity index (χ3v) is 4.88. The molecular weight excluding hydrogens is 304 g/mol. The molecule has 0 bridgehead atoms. The number of hydrogen-bond acceptors (Lipinski definition) is 3. The number of ether oxygens (including phenoxy) is 1. The smallest absolute Gasteiger partial charge is 0.249 e. The van der Waals surface area contributed by atoms with Crippen LogP contribution in [0.4, 0.5) is 5.69 Å². The third-order valence-electron chi connectivity index (χ3n) is 4.88. The van der Waals surface area contributed by atoms with Gasteiger partial charge < -0.3 is 15.0 Å². The fourth-order valence-corrected chi connectivity index (χ4v) is 3.90. The van der Waals surface area contributed by atoms with Gasteiger partial charge in [-0.1, -0.05) is 17.7 Å². The van der Waals surface area contributed by atoms with Crippen molar-refractivity contribution in [3.8, 4) is 0 Å². The molecule has 5 nitrogen and oxygen atoms in total. The van der Waals surface area contributed by atoms with Crippen LogP contribution < -0.4 is 10.2 Å². The fourth-order valence-electron chi connectivity index (χ4n) is 3.90. The van der Waals surface area contributed by atoms with Gasteiger partial charge in [-0.3, -0.25) is 9.59 Å². The predicted octanol–water partition coefficient (Wildman–Crippen LogP) is 2.40. The number of nitrogens with one attached hydrogen (secondary N) is 1. The zero-order chi connectivity index (χ0) is 17.3. The van der Waals surface area contributed by atoms with E-state index in [1.165, 1.54) is 5.56 Å². The Labute approximate surface area is 143 Å². The molecule has 2 heterocycles. The SMILES string of the molecule is Cc1cc(C)c(N2CCC(NC(=O)CC3CCCO3)C2=O)c(C)c1. The van der Waals surface area contributed by atoms with Crippen molar-refractivity contribution in [3.05, 3.63) is 28.8 Å². The van der Waals surface area contributed by atoms with Crippen molar-refractivity contribution >= 4 is 17.5 Å². The number of carbonyl (C=O) groups is 2. The molecule has 2 aliphatic rings. The van der Waals surface area contributed by atoms with E-state index < -0.39 is 6.04 Å². The Morgan fingerprint density at radius 3 is 2.58 bits per heavy atom. The van der Waals surface area contributed by atoms with Crippen LogP contribution >= 0.6 is 0 Å². The third kappa shape index (κ3) is 3.46. The molecule has 2 unspecified atom stereocenters. The van der Waals surface area contributed by atoms with Crippen LogP contribution in [0.2, 0.25) is 0 Å². The van der Waals surface area contributed by atoms with Crippen molar-refractivity contribution in [2.24, 2.45) is 0 Å². The van der Waals surface area contributed by atoms with E-state index in [4.69, 9.17) is 4.74 Å². The second-order valence-corrected chi connectivity index (χ2v) is 6.99. The van der Waals surface area contributed by atoms with Crippen LogP contribution in [0.3, 0.4) is 0 Å². The van der Waals surface area contributed by atoms with Crippen LogP contribution in [-0.2, 0) is 14.3 Å². The highest BCUT2D eigenvalue weighted by Gasteiger charge is 2.35. The number of hydrogen-bond donors (Lipinski definition) is 1. The molecule has 2 aliphatic heterocycles.